The van der Waals surface area contributed by atoms with Crippen molar-refractivity contribution in [3.8, 4) is 0 Å². The lowest BCUT2D eigenvalue weighted by atomic mass is 9.89. The number of hydrogen-bond donors (Lipinski definition) is 1. The van der Waals surface area contributed by atoms with E-state index in [1.807, 2.05) is 0 Å². The fraction of sp³-hybridized carbons (Fsp3) is 0.625. The molecule has 18 heavy (non-hydrogen) atoms. The quantitative estimate of drug-likeness (QED) is 0.858. The van der Waals surface area contributed by atoms with Gasteiger partial charge in [-0.1, -0.05) is 24.3 Å². The van der Waals surface area contributed by atoms with Crippen LogP contribution in [0.2, 0.25) is 0 Å². The molecule has 1 fully saturated rings. The van der Waals surface area contributed by atoms with Gasteiger partial charge in [-0.15, -0.1) is 0 Å². The summed E-state index contributed by atoms with van der Waals surface area (Å²) in [4.78, 5) is 2.71. The minimum Gasteiger partial charge on any atom is -0.314 e. The first-order chi connectivity index (χ1) is 8.70. The van der Waals surface area contributed by atoms with Gasteiger partial charge in [0.2, 0.25) is 0 Å². The summed E-state index contributed by atoms with van der Waals surface area (Å²) < 4.78 is 0. The molecule has 3 rings (SSSR count). The van der Waals surface area contributed by atoms with Crippen LogP contribution in [0.5, 0.6) is 0 Å². The zero-order chi connectivity index (χ0) is 12.6. The van der Waals surface area contributed by atoms with Gasteiger partial charge < -0.3 is 5.32 Å². The molecule has 98 valence electrons. The number of piperidine rings is 1. The second kappa shape index (κ2) is 4.67. The maximum atomic E-state index is 3.48. The average Bonchev–Trinajstić information content (AvgIpc) is 2.83. The van der Waals surface area contributed by atoms with Crippen LogP contribution in [0.25, 0.3) is 0 Å². The Morgan fingerprint density at radius 3 is 2.17 bits per heavy atom. The van der Waals surface area contributed by atoms with Crippen molar-refractivity contribution in [1.29, 1.82) is 0 Å². The molecule has 0 radical (unpaired) electrons. The zero-order valence-corrected chi connectivity index (χ0v) is 11.6. The fourth-order valence-electron chi connectivity index (χ4n) is 3.43. The van der Waals surface area contributed by atoms with Crippen LogP contribution in [-0.2, 0) is 12.8 Å². The van der Waals surface area contributed by atoms with Gasteiger partial charge in [-0.2, -0.15) is 0 Å². The fourth-order valence-corrected chi connectivity index (χ4v) is 3.43. The van der Waals surface area contributed by atoms with Crippen molar-refractivity contribution in [1.82, 2.24) is 10.2 Å². The van der Waals surface area contributed by atoms with Gasteiger partial charge in [-0.3, -0.25) is 4.90 Å². The van der Waals surface area contributed by atoms with E-state index in [0.29, 0.717) is 5.54 Å². The topological polar surface area (TPSA) is 15.3 Å². The summed E-state index contributed by atoms with van der Waals surface area (Å²) in [6.07, 6.45) is 5.06. The maximum Gasteiger partial charge on any atom is 0.0176 e. The molecular formula is C16H24N2. The van der Waals surface area contributed by atoms with E-state index < -0.39 is 0 Å². The van der Waals surface area contributed by atoms with Crippen LogP contribution in [0.3, 0.4) is 0 Å². The Bertz CT molecular complexity index is 394. The first-order valence-electron chi connectivity index (χ1n) is 7.20. The normalized spacial score (nSPS) is 24.1. The number of nitrogens with zero attached hydrogens (tertiary/aromatic N) is 1. The van der Waals surface area contributed by atoms with Crippen LogP contribution in [-0.4, -0.2) is 36.6 Å². The molecule has 0 spiro atoms. The van der Waals surface area contributed by atoms with Crippen LogP contribution < -0.4 is 5.32 Å². The van der Waals surface area contributed by atoms with Gasteiger partial charge in [0.15, 0.2) is 0 Å². The summed E-state index contributed by atoms with van der Waals surface area (Å²) in [6.45, 7) is 4.85. The zero-order valence-electron chi connectivity index (χ0n) is 11.6. The highest BCUT2D eigenvalue weighted by Gasteiger charge is 2.33. The number of likely N-dealkylation sites (tertiary alicyclic amines) is 1. The monoisotopic (exact) mass is 244 g/mol. The lowest BCUT2D eigenvalue weighted by molar-refractivity contribution is 0.113. The molecule has 0 amide bonds. The lowest BCUT2D eigenvalue weighted by Gasteiger charge is -2.41. The molecule has 1 aromatic rings. The molecule has 0 atom stereocenters. The predicted molar refractivity (Wildman–Crippen MR) is 75.9 cm³/mol. The lowest BCUT2D eigenvalue weighted by Crippen LogP contribution is -2.52. The molecule has 1 saturated heterocycles. The summed E-state index contributed by atoms with van der Waals surface area (Å²) in [7, 11) is 2.10. The van der Waals surface area contributed by atoms with Crippen molar-refractivity contribution in [2.24, 2.45) is 0 Å². The molecule has 0 unspecified atom stereocenters. The first-order valence-corrected chi connectivity index (χ1v) is 7.20. The smallest absolute Gasteiger partial charge is 0.0176 e. The summed E-state index contributed by atoms with van der Waals surface area (Å²) in [5.41, 5.74) is 3.51. The molecule has 0 bridgehead atoms. The van der Waals surface area contributed by atoms with Gasteiger partial charge in [0, 0.05) is 24.7 Å². The molecule has 2 heteroatoms. The molecule has 0 aromatic heterocycles. The Morgan fingerprint density at radius 1 is 1.11 bits per heavy atom. The van der Waals surface area contributed by atoms with Crippen molar-refractivity contribution in [2.45, 2.75) is 44.2 Å². The highest BCUT2D eigenvalue weighted by molar-refractivity contribution is 5.33. The maximum absolute atomic E-state index is 3.48. The summed E-state index contributed by atoms with van der Waals surface area (Å²) in [5, 5.41) is 3.48. The van der Waals surface area contributed by atoms with E-state index in [2.05, 4.69) is 48.5 Å². The van der Waals surface area contributed by atoms with Gasteiger partial charge in [-0.25, -0.2) is 0 Å². The third kappa shape index (κ3) is 2.19. The number of benzene rings is 1. The standard InChI is InChI=1S/C16H24N2/c1-16(17-2)7-9-18(10-8-16)15-11-13-5-3-4-6-14(13)12-15/h3-6,15,17H,7-12H2,1-2H3. The summed E-state index contributed by atoms with van der Waals surface area (Å²) in [5.74, 6) is 0. The van der Waals surface area contributed by atoms with Crippen LogP contribution >= 0.6 is 0 Å². The number of nitrogens with one attached hydrogen (secondary N) is 1. The Balaban J connectivity index is 1.63. The van der Waals surface area contributed by atoms with Gasteiger partial charge in [0.1, 0.15) is 0 Å². The van der Waals surface area contributed by atoms with Crippen molar-refractivity contribution in [2.75, 3.05) is 20.1 Å². The summed E-state index contributed by atoms with van der Waals surface area (Å²) in [6, 6.07) is 9.71. The van der Waals surface area contributed by atoms with Crippen molar-refractivity contribution < 1.29 is 0 Å². The van der Waals surface area contributed by atoms with Crippen molar-refractivity contribution >= 4 is 0 Å². The molecule has 1 aromatic carbocycles. The molecule has 1 heterocycles. The average molecular weight is 244 g/mol. The van der Waals surface area contributed by atoms with E-state index in [1.54, 1.807) is 11.1 Å². The second-order valence-corrected chi connectivity index (χ2v) is 6.18. The van der Waals surface area contributed by atoms with Crippen LogP contribution in [0.15, 0.2) is 24.3 Å². The highest BCUT2D eigenvalue weighted by atomic mass is 15.2. The Labute approximate surface area is 110 Å². The Morgan fingerprint density at radius 2 is 1.67 bits per heavy atom. The number of hydrogen-bond acceptors (Lipinski definition) is 2. The highest BCUT2D eigenvalue weighted by Crippen LogP contribution is 2.29. The van der Waals surface area contributed by atoms with E-state index in [4.69, 9.17) is 0 Å². The number of fused-ring (bicyclic) bond motifs is 1. The van der Waals surface area contributed by atoms with E-state index in [-0.39, 0.29) is 0 Å². The molecule has 2 aliphatic rings. The van der Waals surface area contributed by atoms with Gasteiger partial charge >= 0.3 is 0 Å². The molecule has 1 aliphatic carbocycles. The van der Waals surface area contributed by atoms with E-state index >= 15 is 0 Å². The molecule has 0 saturated carbocycles. The third-order valence-electron chi connectivity index (χ3n) is 5.05. The molecule has 1 N–H and O–H groups in total. The minimum absolute atomic E-state index is 0.363. The van der Waals surface area contributed by atoms with Gasteiger partial charge in [0.05, 0.1) is 0 Å². The minimum atomic E-state index is 0.363. The first kappa shape index (κ1) is 12.2. The van der Waals surface area contributed by atoms with E-state index in [0.717, 1.165) is 6.04 Å². The third-order valence-corrected chi connectivity index (χ3v) is 5.05. The van der Waals surface area contributed by atoms with Crippen LogP contribution in [0.1, 0.15) is 30.9 Å². The number of rotatable bonds is 2. The Kier molecular flexibility index (Phi) is 3.16. The SMILES string of the molecule is CNC1(C)CCN(C2Cc3ccccc3C2)CC1. The second-order valence-electron chi connectivity index (χ2n) is 6.18. The van der Waals surface area contributed by atoms with Crippen LogP contribution in [0, 0.1) is 0 Å². The molecule has 2 nitrogen and oxygen atoms in total. The summed E-state index contributed by atoms with van der Waals surface area (Å²) >= 11 is 0. The Hall–Kier alpha value is -0.860. The predicted octanol–water partition coefficient (Wildman–Crippen LogP) is 2.23. The van der Waals surface area contributed by atoms with Crippen LogP contribution in [0.4, 0.5) is 0 Å². The van der Waals surface area contributed by atoms with Crippen molar-refractivity contribution in [3.63, 3.8) is 0 Å². The molecular weight excluding hydrogens is 220 g/mol. The van der Waals surface area contributed by atoms with E-state index in [9.17, 15) is 0 Å². The van der Waals surface area contributed by atoms with Gasteiger partial charge in [-0.05, 0) is 50.8 Å². The van der Waals surface area contributed by atoms with E-state index in [1.165, 1.54) is 38.8 Å². The molecule has 1 aliphatic heterocycles. The largest absolute Gasteiger partial charge is 0.314 e. The van der Waals surface area contributed by atoms with Crippen molar-refractivity contribution in [3.05, 3.63) is 35.4 Å². The van der Waals surface area contributed by atoms with Gasteiger partial charge in [0.25, 0.3) is 0 Å².